The molecule has 13 nitrogen and oxygen atoms in total. The number of aliphatic hydroxyl groups excluding tert-OH is 2. The van der Waals surface area contributed by atoms with Crippen LogP contribution in [0.5, 0.6) is 5.75 Å². The molecular formula is C25H27N7O6. The molecule has 4 rings (SSSR count). The molecule has 3 amide bonds. The van der Waals surface area contributed by atoms with Gasteiger partial charge in [0.25, 0.3) is 17.7 Å². The summed E-state index contributed by atoms with van der Waals surface area (Å²) in [7, 11) is 0. The van der Waals surface area contributed by atoms with E-state index in [9.17, 15) is 19.5 Å². The molecule has 13 heteroatoms. The van der Waals surface area contributed by atoms with Crippen LogP contribution in [0.4, 0.5) is 11.6 Å². The van der Waals surface area contributed by atoms with Gasteiger partial charge in [-0.25, -0.2) is 9.97 Å². The molecule has 2 aromatic carbocycles. The van der Waals surface area contributed by atoms with Crippen molar-refractivity contribution in [3.8, 4) is 5.75 Å². The summed E-state index contributed by atoms with van der Waals surface area (Å²) in [5.41, 5.74) is 3.52. The van der Waals surface area contributed by atoms with Gasteiger partial charge in [-0.1, -0.05) is 17.7 Å². The zero-order valence-electron chi connectivity index (χ0n) is 20.7. The van der Waals surface area contributed by atoms with Crippen LogP contribution in [0.25, 0.3) is 11.0 Å². The summed E-state index contributed by atoms with van der Waals surface area (Å²) >= 11 is 0. The van der Waals surface area contributed by atoms with Crippen LogP contribution in [0.15, 0.2) is 42.7 Å². The number of hydrogen-bond acceptors (Lipinski definition) is 8. The molecular weight excluding hydrogens is 494 g/mol. The molecule has 198 valence electrons. The second kappa shape index (κ2) is 11.5. The van der Waals surface area contributed by atoms with E-state index in [0.717, 1.165) is 11.1 Å². The lowest BCUT2D eigenvalue weighted by molar-refractivity contribution is -0.123. The van der Waals surface area contributed by atoms with Gasteiger partial charge in [-0.15, -0.1) is 0 Å². The van der Waals surface area contributed by atoms with Crippen LogP contribution in [0.3, 0.4) is 0 Å². The highest BCUT2D eigenvalue weighted by molar-refractivity contribution is 6.13. The number of anilines is 2. The number of H-pyrrole nitrogens is 2. The lowest BCUT2D eigenvalue weighted by Crippen LogP contribution is -2.36. The maximum atomic E-state index is 12.9. The smallest absolute Gasteiger partial charge is 0.276 e. The van der Waals surface area contributed by atoms with Gasteiger partial charge in [0.05, 0.1) is 30.1 Å². The Hall–Kier alpha value is -4.75. The molecule has 0 spiro atoms. The Kier molecular flexibility index (Phi) is 7.99. The third-order valence-corrected chi connectivity index (χ3v) is 5.51. The molecule has 1 atom stereocenters. The van der Waals surface area contributed by atoms with E-state index in [1.165, 1.54) is 6.33 Å². The van der Waals surface area contributed by atoms with Gasteiger partial charge >= 0.3 is 0 Å². The first-order valence-corrected chi connectivity index (χ1v) is 11.6. The van der Waals surface area contributed by atoms with Crippen LogP contribution in [-0.4, -0.2) is 73.7 Å². The van der Waals surface area contributed by atoms with Gasteiger partial charge in [0.15, 0.2) is 12.3 Å². The first-order chi connectivity index (χ1) is 18.2. The quantitative estimate of drug-likeness (QED) is 0.162. The Labute approximate surface area is 216 Å². The molecule has 2 heterocycles. The number of fused-ring (bicyclic) bond motifs is 1. The van der Waals surface area contributed by atoms with Crippen LogP contribution in [0, 0.1) is 13.8 Å². The highest BCUT2D eigenvalue weighted by atomic mass is 16.5. The normalized spacial score (nSPS) is 11.7. The van der Waals surface area contributed by atoms with Crippen molar-refractivity contribution in [2.24, 2.45) is 0 Å². The number of nitrogens with one attached hydrogen (secondary N) is 5. The number of aryl methyl sites for hydroxylation is 2. The number of aromatic nitrogens is 4. The first-order valence-electron chi connectivity index (χ1n) is 11.6. The molecule has 0 radical (unpaired) electrons. The fourth-order valence-corrected chi connectivity index (χ4v) is 3.58. The van der Waals surface area contributed by atoms with Crippen LogP contribution in [0.1, 0.15) is 32.1 Å². The average Bonchev–Trinajstić information content (AvgIpc) is 3.54. The Morgan fingerprint density at radius 2 is 1.89 bits per heavy atom. The van der Waals surface area contributed by atoms with Crippen molar-refractivity contribution in [3.63, 3.8) is 0 Å². The first kappa shape index (κ1) is 26.3. The standard InChI is InChI=1S/C25H27N7O6/c1-13-3-5-17(14(2)7-13)29-23(36)21-22(28-12-27-21)24(37)32-25-30-18-6-4-16(8-19(18)31-25)38-11-20(35)26-9-15(34)10-33/h3-8,12,15,33-34H,9-11H2,1-2H3,(H,26,35)(H,27,28)(H,29,36)(H2,30,31,32,37). The van der Waals surface area contributed by atoms with Gasteiger partial charge < -0.3 is 35.6 Å². The summed E-state index contributed by atoms with van der Waals surface area (Å²) in [6.07, 6.45) is 0.216. The van der Waals surface area contributed by atoms with E-state index < -0.39 is 30.4 Å². The lowest BCUT2D eigenvalue weighted by atomic mass is 10.1. The molecule has 0 saturated heterocycles. The van der Waals surface area contributed by atoms with E-state index in [2.05, 4.69) is 35.9 Å². The SMILES string of the molecule is Cc1ccc(NC(=O)c2nc[nH]c2C(=O)Nc2nc3ccc(OCC(=O)NCC(O)CO)cc3[nH]2)c(C)c1. The molecule has 0 aliphatic rings. The van der Waals surface area contributed by atoms with Crippen molar-refractivity contribution < 1.29 is 29.3 Å². The Morgan fingerprint density at radius 3 is 2.66 bits per heavy atom. The molecule has 1 unspecified atom stereocenters. The Balaban J connectivity index is 1.39. The maximum absolute atomic E-state index is 12.9. The van der Waals surface area contributed by atoms with Crippen LogP contribution >= 0.6 is 0 Å². The number of carbonyl (C=O) groups excluding carboxylic acids is 3. The highest BCUT2D eigenvalue weighted by Gasteiger charge is 2.22. The van der Waals surface area contributed by atoms with Gasteiger partial charge in [0.2, 0.25) is 5.95 Å². The van der Waals surface area contributed by atoms with Crippen molar-refractivity contribution in [2.75, 3.05) is 30.4 Å². The number of ether oxygens (including phenoxy) is 1. The summed E-state index contributed by atoms with van der Waals surface area (Å²) in [5.74, 6) is -1.12. The summed E-state index contributed by atoms with van der Waals surface area (Å²) in [4.78, 5) is 51.5. The minimum absolute atomic E-state index is 0.0333. The van der Waals surface area contributed by atoms with Gasteiger partial charge in [-0.05, 0) is 37.6 Å². The minimum atomic E-state index is -1.04. The van der Waals surface area contributed by atoms with Crippen molar-refractivity contribution in [1.82, 2.24) is 25.3 Å². The largest absolute Gasteiger partial charge is 0.484 e. The summed E-state index contributed by atoms with van der Waals surface area (Å²) < 4.78 is 5.45. The van der Waals surface area contributed by atoms with E-state index >= 15 is 0 Å². The molecule has 0 bridgehead atoms. The Morgan fingerprint density at radius 1 is 1.08 bits per heavy atom. The second-order valence-electron chi connectivity index (χ2n) is 8.55. The van der Waals surface area contributed by atoms with E-state index in [4.69, 9.17) is 9.84 Å². The highest BCUT2D eigenvalue weighted by Crippen LogP contribution is 2.22. The monoisotopic (exact) mass is 521 g/mol. The molecule has 7 N–H and O–H groups in total. The number of imidazole rings is 2. The molecule has 0 aliphatic carbocycles. The van der Waals surface area contributed by atoms with Crippen LogP contribution < -0.4 is 20.7 Å². The predicted molar refractivity (Wildman–Crippen MR) is 138 cm³/mol. The molecule has 4 aromatic rings. The topological polar surface area (TPSA) is 194 Å². The van der Waals surface area contributed by atoms with Gasteiger partial charge in [0, 0.05) is 18.3 Å². The third kappa shape index (κ3) is 6.32. The van der Waals surface area contributed by atoms with Gasteiger partial charge in [-0.3, -0.25) is 19.7 Å². The van der Waals surface area contributed by atoms with Crippen molar-refractivity contribution in [1.29, 1.82) is 0 Å². The van der Waals surface area contributed by atoms with E-state index in [-0.39, 0.29) is 30.5 Å². The number of benzene rings is 2. The lowest BCUT2D eigenvalue weighted by Gasteiger charge is -2.10. The van der Waals surface area contributed by atoms with Crippen molar-refractivity contribution >= 4 is 40.4 Å². The molecule has 0 saturated carbocycles. The average molecular weight is 522 g/mol. The molecule has 0 aliphatic heterocycles. The van der Waals surface area contributed by atoms with Gasteiger partial charge in [0.1, 0.15) is 11.4 Å². The maximum Gasteiger partial charge on any atom is 0.276 e. The molecule has 38 heavy (non-hydrogen) atoms. The number of aromatic amines is 2. The molecule has 0 fully saturated rings. The Bertz CT molecular complexity index is 1480. The number of amides is 3. The number of nitrogens with zero attached hydrogens (tertiary/aromatic N) is 2. The fourth-order valence-electron chi connectivity index (χ4n) is 3.58. The summed E-state index contributed by atoms with van der Waals surface area (Å²) in [5, 5.41) is 25.9. The van der Waals surface area contributed by atoms with E-state index in [0.29, 0.717) is 22.5 Å². The van der Waals surface area contributed by atoms with Crippen LogP contribution in [0.2, 0.25) is 0 Å². The zero-order chi connectivity index (χ0) is 27.2. The predicted octanol–water partition coefficient (Wildman–Crippen LogP) is 1.26. The second-order valence-corrected chi connectivity index (χ2v) is 8.55. The fraction of sp³-hybridized carbons (Fsp3) is 0.240. The van der Waals surface area contributed by atoms with E-state index in [1.807, 2.05) is 26.0 Å². The third-order valence-electron chi connectivity index (χ3n) is 5.51. The number of hydrogen-bond donors (Lipinski definition) is 7. The van der Waals surface area contributed by atoms with Crippen molar-refractivity contribution in [2.45, 2.75) is 20.0 Å². The number of rotatable bonds is 10. The number of aliphatic hydroxyl groups is 2. The summed E-state index contributed by atoms with van der Waals surface area (Å²) in [6, 6.07) is 10.4. The van der Waals surface area contributed by atoms with Crippen LogP contribution in [-0.2, 0) is 4.79 Å². The minimum Gasteiger partial charge on any atom is -0.484 e. The van der Waals surface area contributed by atoms with Crippen molar-refractivity contribution in [3.05, 3.63) is 65.2 Å². The number of carbonyl (C=O) groups is 3. The zero-order valence-corrected chi connectivity index (χ0v) is 20.7. The van der Waals surface area contributed by atoms with E-state index in [1.54, 1.807) is 24.3 Å². The summed E-state index contributed by atoms with van der Waals surface area (Å²) in [6.45, 7) is 2.98. The van der Waals surface area contributed by atoms with Gasteiger partial charge in [-0.2, -0.15) is 0 Å². The molecule has 2 aromatic heterocycles.